The third-order valence-electron chi connectivity index (χ3n) is 4.14. The van der Waals surface area contributed by atoms with Crippen molar-refractivity contribution >= 4 is 11.8 Å². The Hall–Kier alpha value is -1.14. The molecule has 1 atom stereocenters. The molecule has 3 aliphatic rings. The van der Waals surface area contributed by atoms with Gasteiger partial charge in [0.25, 0.3) is 0 Å². The number of piperazine rings is 1. The number of hydrogen-bond donors (Lipinski definition) is 2. The fourth-order valence-corrected chi connectivity index (χ4v) is 2.93. The van der Waals surface area contributed by atoms with Gasteiger partial charge in [-0.15, -0.1) is 0 Å². The van der Waals surface area contributed by atoms with Crippen molar-refractivity contribution in [1.82, 2.24) is 20.4 Å². The summed E-state index contributed by atoms with van der Waals surface area (Å²) >= 11 is 0. The monoisotopic (exact) mass is 252 g/mol. The average molecular weight is 252 g/mol. The second kappa shape index (κ2) is 4.85. The minimum absolute atomic E-state index is 0.00697. The highest BCUT2D eigenvalue weighted by molar-refractivity contribution is 5.91. The number of amides is 2. The number of hydrogen-bond acceptors (Lipinski definition) is 4. The summed E-state index contributed by atoms with van der Waals surface area (Å²) in [5.41, 5.74) is 0. The lowest BCUT2D eigenvalue weighted by atomic mass is 10.0. The van der Waals surface area contributed by atoms with E-state index in [-0.39, 0.29) is 17.9 Å². The predicted octanol–water partition coefficient (Wildman–Crippen LogP) is -1.62. The smallest absolute Gasteiger partial charge is 0.245 e. The van der Waals surface area contributed by atoms with E-state index in [1.165, 1.54) is 0 Å². The molecule has 3 fully saturated rings. The van der Waals surface area contributed by atoms with Gasteiger partial charge >= 0.3 is 0 Å². The fraction of sp³-hybridized carbons (Fsp3) is 0.833. The molecule has 3 rings (SSSR count). The van der Waals surface area contributed by atoms with Gasteiger partial charge in [0, 0.05) is 51.7 Å². The second-order valence-corrected chi connectivity index (χ2v) is 5.34. The molecule has 6 heteroatoms. The maximum Gasteiger partial charge on any atom is 0.245 e. The normalized spacial score (nSPS) is 30.1. The first-order chi connectivity index (χ1) is 8.74. The van der Waals surface area contributed by atoms with Crippen LogP contribution >= 0.6 is 0 Å². The van der Waals surface area contributed by atoms with Crippen molar-refractivity contribution in [3.63, 3.8) is 0 Å². The number of carbonyl (C=O) groups is 2. The van der Waals surface area contributed by atoms with Crippen LogP contribution in [0.15, 0.2) is 0 Å². The van der Waals surface area contributed by atoms with Gasteiger partial charge < -0.3 is 15.5 Å². The fourth-order valence-electron chi connectivity index (χ4n) is 2.93. The molecule has 2 N–H and O–H groups in total. The quantitative estimate of drug-likeness (QED) is 0.620. The van der Waals surface area contributed by atoms with Gasteiger partial charge in [0.2, 0.25) is 11.8 Å². The third-order valence-corrected chi connectivity index (χ3v) is 4.14. The number of nitrogens with zero attached hydrogens (tertiary/aromatic N) is 2. The van der Waals surface area contributed by atoms with E-state index in [4.69, 9.17) is 0 Å². The van der Waals surface area contributed by atoms with E-state index in [2.05, 4.69) is 15.5 Å². The summed E-state index contributed by atoms with van der Waals surface area (Å²) in [6.07, 6.45) is 1.15. The number of carbonyl (C=O) groups excluding carboxylic acids is 2. The highest BCUT2D eigenvalue weighted by atomic mass is 16.2. The van der Waals surface area contributed by atoms with E-state index >= 15 is 0 Å². The Morgan fingerprint density at radius 2 is 1.94 bits per heavy atom. The number of rotatable bonds is 2. The SMILES string of the molecule is O=C1CC[C@H](C(=O)N2CC(N3CCNCC3)C2)N1. The largest absolute Gasteiger partial charge is 0.344 e. The molecule has 0 spiro atoms. The maximum atomic E-state index is 12.1. The van der Waals surface area contributed by atoms with Crippen LogP contribution in [0, 0.1) is 0 Å². The van der Waals surface area contributed by atoms with E-state index in [0.717, 1.165) is 39.3 Å². The Labute approximate surface area is 107 Å². The molecular formula is C12H20N4O2. The minimum atomic E-state index is -0.263. The number of nitrogens with one attached hydrogen (secondary N) is 2. The maximum absolute atomic E-state index is 12.1. The van der Waals surface area contributed by atoms with Crippen LogP contribution in [-0.4, -0.2) is 73.0 Å². The number of likely N-dealkylation sites (tertiary alicyclic amines) is 1. The van der Waals surface area contributed by atoms with Gasteiger partial charge in [-0.2, -0.15) is 0 Å². The van der Waals surface area contributed by atoms with Gasteiger partial charge in [-0.05, 0) is 6.42 Å². The lowest BCUT2D eigenvalue weighted by molar-refractivity contribution is -0.141. The van der Waals surface area contributed by atoms with Gasteiger partial charge in [-0.3, -0.25) is 14.5 Å². The van der Waals surface area contributed by atoms with Crippen molar-refractivity contribution in [2.24, 2.45) is 0 Å². The Bertz CT molecular complexity index is 348. The van der Waals surface area contributed by atoms with Crippen LogP contribution in [-0.2, 0) is 9.59 Å². The molecule has 0 bridgehead atoms. The van der Waals surface area contributed by atoms with E-state index in [1.54, 1.807) is 0 Å². The van der Waals surface area contributed by atoms with Crippen LogP contribution < -0.4 is 10.6 Å². The van der Waals surface area contributed by atoms with Crippen molar-refractivity contribution in [2.75, 3.05) is 39.3 Å². The van der Waals surface area contributed by atoms with Crippen molar-refractivity contribution in [3.05, 3.63) is 0 Å². The van der Waals surface area contributed by atoms with Gasteiger partial charge in [0.1, 0.15) is 6.04 Å². The summed E-state index contributed by atoms with van der Waals surface area (Å²) in [6.45, 7) is 5.89. The Morgan fingerprint density at radius 3 is 2.56 bits per heavy atom. The first-order valence-corrected chi connectivity index (χ1v) is 6.77. The molecule has 0 aromatic rings. The summed E-state index contributed by atoms with van der Waals surface area (Å²) in [7, 11) is 0. The topological polar surface area (TPSA) is 64.7 Å². The van der Waals surface area contributed by atoms with Crippen molar-refractivity contribution in [2.45, 2.75) is 24.9 Å². The zero-order valence-electron chi connectivity index (χ0n) is 10.5. The summed E-state index contributed by atoms with van der Waals surface area (Å²) < 4.78 is 0. The summed E-state index contributed by atoms with van der Waals surface area (Å²) in [4.78, 5) is 27.5. The zero-order chi connectivity index (χ0) is 12.5. The molecule has 0 saturated carbocycles. The van der Waals surface area contributed by atoms with Crippen LogP contribution in [0.5, 0.6) is 0 Å². The van der Waals surface area contributed by atoms with Gasteiger partial charge in [0.15, 0.2) is 0 Å². The zero-order valence-corrected chi connectivity index (χ0v) is 10.5. The molecule has 3 heterocycles. The van der Waals surface area contributed by atoms with Crippen LogP contribution in [0.2, 0.25) is 0 Å². The summed E-state index contributed by atoms with van der Waals surface area (Å²) in [5.74, 6) is 0.111. The molecule has 0 unspecified atom stereocenters. The first-order valence-electron chi connectivity index (χ1n) is 6.77. The standard InChI is InChI=1S/C12H20N4O2/c17-11-2-1-10(14-11)12(18)16-7-9(8-16)15-5-3-13-4-6-15/h9-10,13H,1-8H2,(H,14,17)/t10-/m1/s1. The average Bonchev–Trinajstić information content (AvgIpc) is 2.75. The Morgan fingerprint density at radius 1 is 1.22 bits per heavy atom. The molecular weight excluding hydrogens is 232 g/mol. The molecule has 3 saturated heterocycles. The minimum Gasteiger partial charge on any atom is -0.344 e. The molecule has 0 aliphatic carbocycles. The second-order valence-electron chi connectivity index (χ2n) is 5.34. The molecule has 0 radical (unpaired) electrons. The van der Waals surface area contributed by atoms with E-state index in [1.807, 2.05) is 4.90 Å². The van der Waals surface area contributed by atoms with Crippen molar-refractivity contribution in [3.8, 4) is 0 Å². The van der Waals surface area contributed by atoms with E-state index < -0.39 is 0 Å². The highest BCUT2D eigenvalue weighted by Crippen LogP contribution is 2.19. The van der Waals surface area contributed by atoms with Gasteiger partial charge in [-0.1, -0.05) is 0 Å². The molecule has 0 aromatic heterocycles. The van der Waals surface area contributed by atoms with Crippen LogP contribution in [0.4, 0.5) is 0 Å². The molecule has 18 heavy (non-hydrogen) atoms. The predicted molar refractivity (Wildman–Crippen MR) is 66.0 cm³/mol. The van der Waals surface area contributed by atoms with Crippen molar-refractivity contribution < 1.29 is 9.59 Å². The summed E-state index contributed by atoms with van der Waals surface area (Å²) in [5, 5.41) is 6.08. The van der Waals surface area contributed by atoms with E-state index in [9.17, 15) is 9.59 Å². The third kappa shape index (κ3) is 2.22. The van der Waals surface area contributed by atoms with Crippen LogP contribution in [0.1, 0.15) is 12.8 Å². The summed E-state index contributed by atoms with van der Waals surface area (Å²) in [6, 6.07) is 0.259. The Kier molecular flexibility index (Phi) is 3.22. The molecule has 0 aromatic carbocycles. The first kappa shape index (κ1) is 11.9. The molecule has 100 valence electrons. The van der Waals surface area contributed by atoms with E-state index in [0.29, 0.717) is 18.9 Å². The Balaban J connectivity index is 1.46. The van der Waals surface area contributed by atoms with Gasteiger partial charge in [-0.25, -0.2) is 0 Å². The lowest BCUT2D eigenvalue weighted by Gasteiger charge is -2.47. The van der Waals surface area contributed by atoms with Crippen LogP contribution in [0.3, 0.4) is 0 Å². The van der Waals surface area contributed by atoms with Gasteiger partial charge in [0.05, 0.1) is 0 Å². The molecule has 3 aliphatic heterocycles. The highest BCUT2D eigenvalue weighted by Gasteiger charge is 2.39. The lowest BCUT2D eigenvalue weighted by Crippen LogP contribution is -2.65. The molecule has 2 amide bonds. The molecule has 6 nitrogen and oxygen atoms in total. The van der Waals surface area contributed by atoms with Crippen molar-refractivity contribution in [1.29, 1.82) is 0 Å². The van der Waals surface area contributed by atoms with Crippen LogP contribution in [0.25, 0.3) is 0 Å².